The van der Waals surface area contributed by atoms with E-state index in [2.05, 4.69) is 5.32 Å². The van der Waals surface area contributed by atoms with Crippen molar-refractivity contribution in [2.45, 2.75) is 32.6 Å². The van der Waals surface area contributed by atoms with Gasteiger partial charge >= 0.3 is 0 Å². The number of carbonyl (C=O) groups excluding carboxylic acids is 3. The average molecular weight is 350 g/mol. The third-order valence-electron chi connectivity index (χ3n) is 4.55. The van der Waals surface area contributed by atoms with Crippen LogP contribution in [-0.2, 0) is 16.0 Å². The van der Waals surface area contributed by atoms with Crippen LogP contribution in [0.5, 0.6) is 0 Å². The molecule has 0 saturated carbocycles. The van der Waals surface area contributed by atoms with Crippen molar-refractivity contribution in [1.82, 2.24) is 0 Å². The third-order valence-corrected chi connectivity index (χ3v) is 4.55. The van der Waals surface area contributed by atoms with Crippen molar-refractivity contribution >= 4 is 29.0 Å². The van der Waals surface area contributed by atoms with Crippen LogP contribution in [0.4, 0.5) is 11.4 Å². The van der Waals surface area contributed by atoms with Crippen molar-refractivity contribution < 1.29 is 14.4 Å². The van der Waals surface area contributed by atoms with E-state index in [1.54, 1.807) is 24.0 Å². The van der Waals surface area contributed by atoms with Gasteiger partial charge in [0, 0.05) is 43.2 Å². The number of amides is 2. The third kappa shape index (κ3) is 4.17. The van der Waals surface area contributed by atoms with Crippen LogP contribution in [0.15, 0.2) is 48.5 Å². The van der Waals surface area contributed by atoms with Gasteiger partial charge in [0.2, 0.25) is 11.8 Å². The van der Waals surface area contributed by atoms with Crippen molar-refractivity contribution in [2.24, 2.45) is 0 Å². The van der Waals surface area contributed by atoms with Gasteiger partial charge in [0.1, 0.15) is 0 Å². The second-order valence-corrected chi connectivity index (χ2v) is 6.46. The molecule has 0 bridgehead atoms. The number of ketones is 1. The highest BCUT2D eigenvalue weighted by Crippen LogP contribution is 2.31. The Morgan fingerprint density at radius 3 is 2.54 bits per heavy atom. The van der Waals surface area contributed by atoms with E-state index >= 15 is 0 Å². The van der Waals surface area contributed by atoms with Crippen molar-refractivity contribution in [3.05, 3.63) is 59.7 Å². The van der Waals surface area contributed by atoms with Crippen LogP contribution in [0.3, 0.4) is 0 Å². The fourth-order valence-electron chi connectivity index (χ4n) is 3.19. The highest BCUT2D eigenvalue weighted by molar-refractivity contribution is 5.98. The molecule has 134 valence electrons. The highest BCUT2D eigenvalue weighted by atomic mass is 16.2. The molecule has 0 fully saturated rings. The van der Waals surface area contributed by atoms with Crippen LogP contribution < -0.4 is 10.2 Å². The van der Waals surface area contributed by atoms with Crippen molar-refractivity contribution in [2.75, 3.05) is 16.8 Å². The molecule has 5 nitrogen and oxygen atoms in total. The Morgan fingerprint density at radius 1 is 1.04 bits per heavy atom. The maximum Gasteiger partial charge on any atom is 0.224 e. The van der Waals surface area contributed by atoms with Crippen LogP contribution in [0, 0.1) is 0 Å². The van der Waals surface area contributed by atoms with E-state index in [-0.39, 0.29) is 24.0 Å². The number of carbonyl (C=O) groups is 3. The Bertz CT molecular complexity index is 830. The number of nitrogens with one attached hydrogen (secondary N) is 1. The number of rotatable bonds is 6. The predicted octanol–water partition coefficient (Wildman–Crippen LogP) is 3.59. The number of hydrogen-bond donors (Lipinski definition) is 1. The van der Waals surface area contributed by atoms with E-state index in [9.17, 15) is 14.4 Å². The molecule has 1 N–H and O–H groups in total. The summed E-state index contributed by atoms with van der Waals surface area (Å²) in [5, 5.41) is 2.86. The van der Waals surface area contributed by atoms with Crippen LogP contribution in [-0.4, -0.2) is 24.1 Å². The standard InChI is InChI=1S/C21H22N2O3/c1-15(24)23-13-12-16-10-11-18(14-19(16)23)22-21(26)9-5-8-20(25)17-6-3-2-4-7-17/h2-4,6-7,10-11,14H,5,8-9,12-13H2,1H3,(H,22,26). The van der Waals surface area contributed by atoms with Crippen molar-refractivity contribution in [3.8, 4) is 0 Å². The predicted molar refractivity (Wildman–Crippen MR) is 101 cm³/mol. The van der Waals surface area contributed by atoms with Crippen molar-refractivity contribution in [3.63, 3.8) is 0 Å². The second-order valence-electron chi connectivity index (χ2n) is 6.46. The summed E-state index contributed by atoms with van der Waals surface area (Å²) in [6, 6.07) is 14.8. The average Bonchev–Trinajstić information content (AvgIpc) is 3.06. The molecule has 3 rings (SSSR count). The fourth-order valence-corrected chi connectivity index (χ4v) is 3.19. The quantitative estimate of drug-likeness (QED) is 0.810. The summed E-state index contributed by atoms with van der Waals surface area (Å²) in [4.78, 5) is 37.6. The zero-order valence-corrected chi connectivity index (χ0v) is 14.8. The molecular formula is C21H22N2O3. The summed E-state index contributed by atoms with van der Waals surface area (Å²) in [5.41, 5.74) is 3.34. The van der Waals surface area contributed by atoms with Gasteiger partial charge < -0.3 is 10.2 Å². The Hall–Kier alpha value is -2.95. The minimum absolute atomic E-state index is 0.00616. The molecule has 5 heteroatoms. The first kappa shape index (κ1) is 17.9. The maximum absolute atomic E-state index is 12.1. The monoisotopic (exact) mass is 350 g/mol. The second kappa shape index (κ2) is 7.95. The van der Waals surface area contributed by atoms with Crippen LogP contribution in [0.25, 0.3) is 0 Å². The summed E-state index contributed by atoms with van der Waals surface area (Å²) in [6.45, 7) is 2.23. The van der Waals surface area contributed by atoms with Crippen LogP contribution in [0.1, 0.15) is 42.1 Å². The van der Waals surface area contributed by atoms with Crippen LogP contribution >= 0.6 is 0 Å². The van der Waals surface area contributed by atoms with E-state index in [4.69, 9.17) is 0 Å². The van der Waals surface area contributed by atoms with Gasteiger partial charge in [0.05, 0.1) is 0 Å². The number of Topliss-reactive ketones (excluding diaryl/α,β-unsaturated/α-hetero) is 1. The lowest BCUT2D eigenvalue weighted by Gasteiger charge is -2.15. The molecule has 26 heavy (non-hydrogen) atoms. The van der Waals surface area contributed by atoms with Gasteiger partial charge in [0.15, 0.2) is 5.78 Å². The topological polar surface area (TPSA) is 66.5 Å². The molecule has 0 spiro atoms. The van der Waals surface area contributed by atoms with Gasteiger partial charge in [-0.3, -0.25) is 14.4 Å². The molecule has 0 aromatic heterocycles. The molecule has 0 radical (unpaired) electrons. The molecule has 2 amide bonds. The highest BCUT2D eigenvalue weighted by Gasteiger charge is 2.22. The molecule has 0 unspecified atom stereocenters. The number of hydrogen-bond acceptors (Lipinski definition) is 3. The van der Waals surface area contributed by atoms with E-state index in [0.717, 1.165) is 17.7 Å². The molecule has 2 aromatic rings. The van der Waals surface area contributed by atoms with E-state index in [0.29, 0.717) is 30.6 Å². The van der Waals surface area contributed by atoms with Crippen LogP contribution in [0.2, 0.25) is 0 Å². The smallest absolute Gasteiger partial charge is 0.224 e. The molecule has 1 heterocycles. The minimum atomic E-state index is -0.127. The number of fused-ring (bicyclic) bond motifs is 1. The van der Waals surface area contributed by atoms with Gasteiger partial charge in [-0.15, -0.1) is 0 Å². The Kier molecular flexibility index (Phi) is 5.46. The summed E-state index contributed by atoms with van der Waals surface area (Å²) in [6.07, 6.45) is 1.97. The molecule has 0 saturated heterocycles. The van der Waals surface area contributed by atoms with Gasteiger partial charge in [-0.1, -0.05) is 36.4 Å². The molecule has 0 atom stereocenters. The lowest BCUT2D eigenvalue weighted by molar-refractivity contribution is -0.117. The number of nitrogens with zero attached hydrogens (tertiary/aromatic N) is 1. The van der Waals surface area contributed by atoms with E-state index < -0.39 is 0 Å². The lowest BCUT2D eigenvalue weighted by Crippen LogP contribution is -2.25. The summed E-state index contributed by atoms with van der Waals surface area (Å²) in [5.74, 6) is -0.0714. The molecule has 1 aliphatic heterocycles. The maximum atomic E-state index is 12.1. The fraction of sp³-hybridized carbons (Fsp3) is 0.286. The first-order chi connectivity index (χ1) is 12.5. The Morgan fingerprint density at radius 2 is 1.81 bits per heavy atom. The van der Waals surface area contributed by atoms with Gasteiger partial charge in [-0.05, 0) is 30.5 Å². The molecule has 0 aliphatic carbocycles. The summed E-state index contributed by atoms with van der Waals surface area (Å²) < 4.78 is 0. The lowest BCUT2D eigenvalue weighted by atomic mass is 10.1. The molecule has 2 aromatic carbocycles. The van der Waals surface area contributed by atoms with E-state index in [1.807, 2.05) is 36.4 Å². The first-order valence-corrected chi connectivity index (χ1v) is 8.84. The Labute approximate surface area is 153 Å². The summed E-state index contributed by atoms with van der Waals surface area (Å²) in [7, 11) is 0. The minimum Gasteiger partial charge on any atom is -0.326 e. The van der Waals surface area contributed by atoms with Gasteiger partial charge in [-0.2, -0.15) is 0 Å². The van der Waals surface area contributed by atoms with E-state index in [1.165, 1.54) is 0 Å². The Balaban J connectivity index is 1.52. The number of anilines is 2. The molecular weight excluding hydrogens is 328 g/mol. The number of benzene rings is 2. The largest absolute Gasteiger partial charge is 0.326 e. The first-order valence-electron chi connectivity index (χ1n) is 8.84. The van der Waals surface area contributed by atoms with Gasteiger partial charge in [-0.25, -0.2) is 0 Å². The SMILES string of the molecule is CC(=O)N1CCc2ccc(NC(=O)CCCC(=O)c3ccccc3)cc21. The zero-order valence-electron chi connectivity index (χ0n) is 14.8. The molecule has 1 aliphatic rings. The van der Waals surface area contributed by atoms with Crippen molar-refractivity contribution in [1.29, 1.82) is 0 Å². The zero-order chi connectivity index (χ0) is 18.5. The van der Waals surface area contributed by atoms with Gasteiger partial charge in [0.25, 0.3) is 0 Å². The normalized spacial score (nSPS) is 12.6. The summed E-state index contributed by atoms with van der Waals surface area (Å²) >= 11 is 0.